The summed E-state index contributed by atoms with van der Waals surface area (Å²) >= 11 is 0. The molecule has 1 saturated heterocycles. The lowest BCUT2D eigenvalue weighted by Crippen LogP contribution is -2.54. The van der Waals surface area contributed by atoms with Gasteiger partial charge >= 0.3 is 0 Å². The van der Waals surface area contributed by atoms with Crippen LogP contribution in [0.25, 0.3) is 6.08 Å². The quantitative estimate of drug-likeness (QED) is 0.789. The molecule has 0 amide bonds. The summed E-state index contributed by atoms with van der Waals surface area (Å²) in [4.78, 5) is 2.53. The fourth-order valence-corrected chi connectivity index (χ4v) is 5.16. The summed E-state index contributed by atoms with van der Waals surface area (Å²) in [6.07, 6.45) is 9.66. The fourth-order valence-electron chi connectivity index (χ4n) is 5.16. The number of piperidine rings is 1. The van der Waals surface area contributed by atoms with Gasteiger partial charge in [-0.15, -0.1) is 0 Å². The van der Waals surface area contributed by atoms with E-state index in [1.807, 2.05) is 18.2 Å². The maximum absolute atomic E-state index is 11.4. The summed E-state index contributed by atoms with van der Waals surface area (Å²) in [5.41, 5.74) is 1.90. The molecular formula is C25H31NO2. The van der Waals surface area contributed by atoms with Crippen molar-refractivity contribution in [1.29, 1.82) is 0 Å². The molecule has 28 heavy (non-hydrogen) atoms. The van der Waals surface area contributed by atoms with Crippen molar-refractivity contribution in [2.45, 2.75) is 43.7 Å². The van der Waals surface area contributed by atoms with Crippen LogP contribution in [0.5, 0.6) is 5.75 Å². The average molecular weight is 378 g/mol. The van der Waals surface area contributed by atoms with Crippen molar-refractivity contribution in [1.82, 2.24) is 4.90 Å². The van der Waals surface area contributed by atoms with Gasteiger partial charge in [-0.25, -0.2) is 0 Å². The van der Waals surface area contributed by atoms with Gasteiger partial charge in [-0.1, -0.05) is 73.5 Å². The second kappa shape index (κ2) is 8.50. The Bertz CT molecular complexity index is 803. The molecule has 0 aromatic heterocycles. The van der Waals surface area contributed by atoms with E-state index < -0.39 is 5.60 Å². The van der Waals surface area contributed by atoms with Gasteiger partial charge in [0.05, 0.1) is 12.7 Å². The van der Waals surface area contributed by atoms with Gasteiger partial charge in [-0.05, 0) is 30.9 Å². The molecule has 3 heteroatoms. The van der Waals surface area contributed by atoms with Crippen molar-refractivity contribution in [3.05, 3.63) is 71.8 Å². The highest BCUT2D eigenvalue weighted by Gasteiger charge is 2.49. The smallest absolute Gasteiger partial charge is 0.123 e. The normalized spacial score (nSPS) is 28.2. The molecule has 2 aliphatic rings. The third kappa shape index (κ3) is 3.87. The Hall–Kier alpha value is -2.10. The Kier molecular flexibility index (Phi) is 5.84. The van der Waals surface area contributed by atoms with Crippen LogP contribution in [0.2, 0.25) is 0 Å². The number of methoxy groups -OCH3 is 1. The fraction of sp³-hybridized carbons (Fsp3) is 0.440. The number of fused-ring (bicyclic) bond motifs is 1. The van der Waals surface area contributed by atoms with Crippen LogP contribution in [0.4, 0.5) is 0 Å². The van der Waals surface area contributed by atoms with Gasteiger partial charge < -0.3 is 9.84 Å². The molecule has 4 rings (SSSR count). The monoisotopic (exact) mass is 377 g/mol. The zero-order valence-corrected chi connectivity index (χ0v) is 16.8. The molecule has 0 spiro atoms. The highest BCUT2D eigenvalue weighted by molar-refractivity contribution is 5.49. The number of ether oxygens (including phenoxy) is 1. The first-order valence-corrected chi connectivity index (χ1v) is 10.5. The number of hydrogen-bond acceptors (Lipinski definition) is 3. The molecule has 0 radical (unpaired) electrons. The van der Waals surface area contributed by atoms with Crippen molar-refractivity contribution < 1.29 is 9.84 Å². The third-order valence-corrected chi connectivity index (χ3v) is 6.58. The number of nitrogens with zero attached hydrogens (tertiary/aromatic N) is 1. The van der Waals surface area contributed by atoms with E-state index in [9.17, 15) is 5.11 Å². The molecule has 0 bridgehead atoms. The van der Waals surface area contributed by atoms with Crippen LogP contribution in [0.1, 0.15) is 49.3 Å². The molecule has 2 unspecified atom stereocenters. The molecular weight excluding hydrogens is 346 g/mol. The summed E-state index contributed by atoms with van der Waals surface area (Å²) in [5.74, 6) is 1.19. The van der Waals surface area contributed by atoms with Crippen molar-refractivity contribution in [3.8, 4) is 5.75 Å². The van der Waals surface area contributed by atoms with Crippen LogP contribution in [-0.4, -0.2) is 35.8 Å². The zero-order chi connectivity index (χ0) is 19.4. The van der Waals surface area contributed by atoms with Gasteiger partial charge in [0.15, 0.2) is 0 Å². The largest absolute Gasteiger partial charge is 0.496 e. The molecule has 1 aliphatic carbocycles. The highest BCUT2D eigenvalue weighted by Crippen LogP contribution is 2.50. The summed E-state index contributed by atoms with van der Waals surface area (Å²) < 4.78 is 5.71. The standard InChI is InChI=1S/C25H31NO2/c1-28-23-15-6-5-13-21(23)24-22-14-7-8-16-25(22,27)17-19-26(24)18-9-12-20-10-3-2-4-11-20/h2-6,9-13,15,22,24,27H,7-8,14,16-19H2,1H3/b12-9+/t22?,24-,25?/m0/s1. The van der Waals surface area contributed by atoms with Crippen molar-refractivity contribution in [2.75, 3.05) is 20.2 Å². The Balaban J connectivity index is 1.63. The number of aliphatic hydroxyl groups is 1. The molecule has 2 aromatic rings. The molecule has 2 aromatic carbocycles. The van der Waals surface area contributed by atoms with E-state index in [2.05, 4.69) is 53.5 Å². The van der Waals surface area contributed by atoms with Gasteiger partial charge in [0.25, 0.3) is 0 Å². The van der Waals surface area contributed by atoms with E-state index in [0.717, 1.165) is 44.5 Å². The molecule has 1 N–H and O–H groups in total. The van der Waals surface area contributed by atoms with Gasteiger partial charge in [-0.2, -0.15) is 0 Å². The Morgan fingerprint density at radius 2 is 1.86 bits per heavy atom. The molecule has 1 heterocycles. The predicted molar refractivity (Wildman–Crippen MR) is 114 cm³/mol. The number of para-hydroxylation sites is 1. The summed E-state index contributed by atoms with van der Waals surface area (Å²) in [6.45, 7) is 1.79. The van der Waals surface area contributed by atoms with E-state index >= 15 is 0 Å². The number of benzene rings is 2. The Labute approximate surface area is 168 Å². The van der Waals surface area contributed by atoms with Crippen molar-refractivity contribution >= 4 is 6.08 Å². The Morgan fingerprint density at radius 3 is 2.68 bits per heavy atom. The first-order chi connectivity index (χ1) is 13.7. The molecule has 2 fully saturated rings. The second-order valence-corrected chi connectivity index (χ2v) is 8.20. The van der Waals surface area contributed by atoms with Crippen molar-refractivity contribution in [3.63, 3.8) is 0 Å². The van der Waals surface area contributed by atoms with Crippen molar-refractivity contribution in [2.24, 2.45) is 5.92 Å². The van der Waals surface area contributed by atoms with Gasteiger partial charge in [0.2, 0.25) is 0 Å². The minimum atomic E-state index is -0.538. The second-order valence-electron chi connectivity index (χ2n) is 8.20. The Morgan fingerprint density at radius 1 is 1.07 bits per heavy atom. The molecule has 1 saturated carbocycles. The molecule has 1 aliphatic heterocycles. The van der Waals surface area contributed by atoms with Crippen LogP contribution in [0.3, 0.4) is 0 Å². The minimum Gasteiger partial charge on any atom is -0.496 e. The van der Waals surface area contributed by atoms with E-state index in [1.165, 1.54) is 17.5 Å². The van der Waals surface area contributed by atoms with Gasteiger partial charge in [0, 0.05) is 30.6 Å². The minimum absolute atomic E-state index is 0.190. The molecule has 3 nitrogen and oxygen atoms in total. The lowest BCUT2D eigenvalue weighted by Gasteiger charge is -2.52. The first-order valence-electron chi connectivity index (χ1n) is 10.5. The molecule has 148 valence electrons. The summed E-state index contributed by atoms with van der Waals surface area (Å²) in [7, 11) is 1.74. The van der Waals surface area contributed by atoms with Crippen LogP contribution < -0.4 is 4.74 Å². The zero-order valence-electron chi connectivity index (χ0n) is 16.8. The summed E-state index contributed by atoms with van der Waals surface area (Å²) in [6, 6.07) is 19.0. The van der Waals surface area contributed by atoms with E-state index in [1.54, 1.807) is 7.11 Å². The van der Waals surface area contributed by atoms with E-state index in [-0.39, 0.29) is 12.0 Å². The lowest BCUT2D eigenvalue weighted by molar-refractivity contribution is -0.122. The highest BCUT2D eigenvalue weighted by atomic mass is 16.5. The molecule has 3 atom stereocenters. The van der Waals surface area contributed by atoms with Gasteiger partial charge in [-0.3, -0.25) is 4.90 Å². The summed E-state index contributed by atoms with van der Waals surface area (Å²) in [5, 5.41) is 11.4. The topological polar surface area (TPSA) is 32.7 Å². The van der Waals surface area contributed by atoms with Crippen LogP contribution in [0.15, 0.2) is 60.7 Å². The van der Waals surface area contributed by atoms with E-state index in [0.29, 0.717) is 0 Å². The number of likely N-dealkylation sites (tertiary alicyclic amines) is 1. The average Bonchev–Trinajstić information content (AvgIpc) is 2.74. The van der Waals surface area contributed by atoms with Crippen LogP contribution >= 0.6 is 0 Å². The van der Waals surface area contributed by atoms with E-state index in [4.69, 9.17) is 4.74 Å². The maximum atomic E-state index is 11.4. The third-order valence-electron chi connectivity index (χ3n) is 6.58. The van der Waals surface area contributed by atoms with Gasteiger partial charge in [0.1, 0.15) is 5.75 Å². The lowest BCUT2D eigenvalue weighted by atomic mass is 9.66. The predicted octanol–water partition coefficient (Wildman–Crippen LogP) is 5.08. The number of rotatable bonds is 5. The number of hydrogen-bond donors (Lipinski definition) is 1. The SMILES string of the molecule is COc1ccccc1[C@H]1C2CCCCC2(O)CCN1C/C=C/c1ccccc1. The first kappa shape index (κ1) is 19.2. The van der Waals surface area contributed by atoms with Crippen LogP contribution in [0, 0.1) is 5.92 Å². The maximum Gasteiger partial charge on any atom is 0.123 e. The van der Waals surface area contributed by atoms with Crippen LogP contribution in [-0.2, 0) is 0 Å².